The predicted octanol–water partition coefficient (Wildman–Crippen LogP) is 3.32. The van der Waals surface area contributed by atoms with Crippen molar-refractivity contribution in [1.82, 2.24) is 0 Å². The van der Waals surface area contributed by atoms with Crippen molar-refractivity contribution >= 4 is 5.97 Å². The lowest BCUT2D eigenvalue weighted by atomic mass is 9.65. The summed E-state index contributed by atoms with van der Waals surface area (Å²) in [5.41, 5.74) is 2.13. The summed E-state index contributed by atoms with van der Waals surface area (Å²) in [6.07, 6.45) is 3.31. The Bertz CT molecular complexity index is 289. The Labute approximate surface area is 92.7 Å². The van der Waals surface area contributed by atoms with E-state index in [0.29, 0.717) is 5.92 Å². The van der Waals surface area contributed by atoms with Crippen LogP contribution >= 0.6 is 0 Å². The minimum atomic E-state index is -0.136. The van der Waals surface area contributed by atoms with E-state index < -0.39 is 0 Å². The molecule has 1 aliphatic carbocycles. The first kappa shape index (κ1) is 12.3. The molecule has 0 saturated carbocycles. The molecule has 0 saturated heterocycles. The zero-order chi connectivity index (χ0) is 11.6. The Kier molecular flexibility index (Phi) is 3.58. The van der Waals surface area contributed by atoms with E-state index in [1.165, 1.54) is 19.1 Å². The van der Waals surface area contributed by atoms with E-state index in [-0.39, 0.29) is 11.4 Å². The zero-order valence-electron chi connectivity index (χ0n) is 10.5. The van der Waals surface area contributed by atoms with Crippen molar-refractivity contribution in [2.45, 2.75) is 47.0 Å². The van der Waals surface area contributed by atoms with Gasteiger partial charge in [-0.2, -0.15) is 0 Å². The lowest BCUT2D eigenvalue weighted by Gasteiger charge is -2.39. The molecule has 86 valence electrons. The summed E-state index contributed by atoms with van der Waals surface area (Å²) in [6.45, 7) is 8.61. The Hall–Kier alpha value is -0.790. The van der Waals surface area contributed by atoms with Gasteiger partial charge in [-0.1, -0.05) is 26.3 Å². The Morgan fingerprint density at radius 2 is 2.07 bits per heavy atom. The van der Waals surface area contributed by atoms with Crippen LogP contribution in [-0.4, -0.2) is 13.1 Å². The van der Waals surface area contributed by atoms with Crippen molar-refractivity contribution in [3.05, 3.63) is 11.1 Å². The molecular formula is C13H22O2. The van der Waals surface area contributed by atoms with Crippen molar-refractivity contribution < 1.29 is 9.53 Å². The minimum Gasteiger partial charge on any atom is -0.466 e. The number of esters is 1. The number of allylic oxidation sites excluding steroid dienone is 1. The summed E-state index contributed by atoms with van der Waals surface area (Å²) in [7, 11) is 1.47. The molecule has 1 aliphatic rings. The van der Waals surface area contributed by atoms with Gasteiger partial charge in [0.25, 0.3) is 0 Å². The molecule has 0 aliphatic heterocycles. The Balaban J connectivity index is 3.17. The van der Waals surface area contributed by atoms with Crippen molar-refractivity contribution in [2.75, 3.05) is 7.11 Å². The van der Waals surface area contributed by atoms with E-state index in [4.69, 9.17) is 4.74 Å². The summed E-state index contributed by atoms with van der Waals surface area (Å²) < 4.78 is 4.91. The highest BCUT2D eigenvalue weighted by Crippen LogP contribution is 2.46. The van der Waals surface area contributed by atoms with Gasteiger partial charge in [0.15, 0.2) is 0 Å². The molecule has 0 spiro atoms. The molecular weight excluding hydrogens is 188 g/mol. The molecule has 1 rings (SSSR count). The number of hydrogen-bond acceptors (Lipinski definition) is 2. The fourth-order valence-corrected chi connectivity index (χ4v) is 2.55. The standard InChI is InChI=1S/C13H22O2/c1-9(2)13(4)8-6-7-10(3)11(13)12(14)15-5/h9H,6-8H2,1-5H3/t13-/m1/s1. The molecule has 15 heavy (non-hydrogen) atoms. The quantitative estimate of drug-likeness (QED) is 0.653. The molecule has 0 unspecified atom stereocenters. The van der Waals surface area contributed by atoms with Gasteiger partial charge >= 0.3 is 5.97 Å². The SMILES string of the molecule is COC(=O)C1=C(C)CCC[C@]1(C)C(C)C. The van der Waals surface area contributed by atoms with Crippen LogP contribution in [0.1, 0.15) is 47.0 Å². The highest BCUT2D eigenvalue weighted by atomic mass is 16.5. The summed E-state index contributed by atoms with van der Waals surface area (Å²) >= 11 is 0. The summed E-state index contributed by atoms with van der Waals surface area (Å²) in [4.78, 5) is 11.8. The van der Waals surface area contributed by atoms with E-state index in [9.17, 15) is 4.79 Å². The van der Waals surface area contributed by atoms with Crippen molar-refractivity contribution in [3.8, 4) is 0 Å². The summed E-state index contributed by atoms with van der Waals surface area (Å²) in [5, 5.41) is 0. The fourth-order valence-electron chi connectivity index (χ4n) is 2.55. The monoisotopic (exact) mass is 210 g/mol. The molecule has 0 bridgehead atoms. The average molecular weight is 210 g/mol. The number of ether oxygens (including phenoxy) is 1. The topological polar surface area (TPSA) is 26.3 Å². The number of methoxy groups -OCH3 is 1. The van der Waals surface area contributed by atoms with Gasteiger partial charge in [0.05, 0.1) is 7.11 Å². The fraction of sp³-hybridized carbons (Fsp3) is 0.769. The molecule has 2 nitrogen and oxygen atoms in total. The molecule has 1 atom stereocenters. The van der Waals surface area contributed by atoms with Gasteiger partial charge in [0.2, 0.25) is 0 Å². The summed E-state index contributed by atoms with van der Waals surface area (Å²) in [5.74, 6) is 0.338. The summed E-state index contributed by atoms with van der Waals surface area (Å²) in [6, 6.07) is 0. The van der Waals surface area contributed by atoms with Gasteiger partial charge < -0.3 is 4.74 Å². The smallest absolute Gasteiger partial charge is 0.334 e. The molecule has 0 fully saturated rings. The van der Waals surface area contributed by atoms with Crippen LogP contribution in [0.4, 0.5) is 0 Å². The van der Waals surface area contributed by atoms with E-state index in [2.05, 4.69) is 27.7 Å². The van der Waals surface area contributed by atoms with Crippen LogP contribution in [0.15, 0.2) is 11.1 Å². The van der Waals surface area contributed by atoms with E-state index in [1.807, 2.05) is 0 Å². The van der Waals surface area contributed by atoms with Crippen LogP contribution in [0.25, 0.3) is 0 Å². The number of hydrogen-bond donors (Lipinski definition) is 0. The number of carbonyl (C=O) groups excluding carboxylic acids is 1. The first-order chi connectivity index (χ1) is 6.93. The van der Waals surface area contributed by atoms with E-state index in [1.54, 1.807) is 0 Å². The molecule has 0 amide bonds. The third-order valence-corrected chi connectivity index (χ3v) is 3.91. The minimum absolute atomic E-state index is 0.00454. The third kappa shape index (κ3) is 2.09. The molecule has 0 N–H and O–H groups in total. The van der Waals surface area contributed by atoms with Crippen molar-refractivity contribution in [3.63, 3.8) is 0 Å². The first-order valence-corrected chi connectivity index (χ1v) is 5.72. The molecule has 0 aromatic rings. The Morgan fingerprint density at radius 1 is 1.47 bits per heavy atom. The third-order valence-electron chi connectivity index (χ3n) is 3.91. The van der Waals surface area contributed by atoms with Crippen LogP contribution in [0.3, 0.4) is 0 Å². The van der Waals surface area contributed by atoms with Gasteiger partial charge in [0, 0.05) is 11.0 Å². The van der Waals surface area contributed by atoms with Crippen molar-refractivity contribution in [2.24, 2.45) is 11.3 Å². The maximum atomic E-state index is 11.8. The molecule has 2 heteroatoms. The largest absolute Gasteiger partial charge is 0.466 e. The van der Waals surface area contributed by atoms with Crippen LogP contribution in [-0.2, 0) is 9.53 Å². The van der Waals surface area contributed by atoms with Gasteiger partial charge in [-0.25, -0.2) is 4.79 Å². The predicted molar refractivity (Wildman–Crippen MR) is 61.5 cm³/mol. The van der Waals surface area contributed by atoms with Crippen molar-refractivity contribution in [1.29, 1.82) is 0 Å². The van der Waals surface area contributed by atoms with Gasteiger partial charge in [0.1, 0.15) is 0 Å². The molecule has 0 aromatic carbocycles. The van der Waals surface area contributed by atoms with E-state index in [0.717, 1.165) is 18.4 Å². The second-order valence-corrected chi connectivity index (χ2v) is 5.07. The van der Waals surface area contributed by atoms with Crippen LogP contribution in [0.5, 0.6) is 0 Å². The lowest BCUT2D eigenvalue weighted by Crippen LogP contribution is -2.34. The average Bonchev–Trinajstić information content (AvgIpc) is 2.17. The highest BCUT2D eigenvalue weighted by molar-refractivity contribution is 5.91. The van der Waals surface area contributed by atoms with Crippen LogP contribution < -0.4 is 0 Å². The number of rotatable bonds is 2. The van der Waals surface area contributed by atoms with E-state index >= 15 is 0 Å². The van der Waals surface area contributed by atoms with Gasteiger partial charge in [-0.15, -0.1) is 0 Å². The highest BCUT2D eigenvalue weighted by Gasteiger charge is 2.39. The normalized spacial score (nSPS) is 27.1. The lowest BCUT2D eigenvalue weighted by molar-refractivity contribution is -0.138. The van der Waals surface area contributed by atoms with Crippen LogP contribution in [0.2, 0.25) is 0 Å². The molecule has 0 radical (unpaired) electrons. The van der Waals surface area contributed by atoms with Crippen LogP contribution in [0, 0.1) is 11.3 Å². The second-order valence-electron chi connectivity index (χ2n) is 5.07. The Morgan fingerprint density at radius 3 is 2.53 bits per heavy atom. The van der Waals surface area contributed by atoms with Gasteiger partial charge in [-0.3, -0.25) is 0 Å². The zero-order valence-corrected chi connectivity index (χ0v) is 10.5. The maximum Gasteiger partial charge on any atom is 0.334 e. The molecule has 0 heterocycles. The second kappa shape index (κ2) is 4.38. The van der Waals surface area contributed by atoms with Gasteiger partial charge in [-0.05, 0) is 32.1 Å². The number of carbonyl (C=O) groups is 1. The molecule has 0 aromatic heterocycles. The maximum absolute atomic E-state index is 11.8. The first-order valence-electron chi connectivity index (χ1n) is 5.72.